The first-order valence-corrected chi connectivity index (χ1v) is 11.2. The first-order chi connectivity index (χ1) is 15.0. The fourth-order valence-corrected chi connectivity index (χ4v) is 4.35. The lowest BCUT2D eigenvalue weighted by Gasteiger charge is -2.12. The van der Waals surface area contributed by atoms with Gasteiger partial charge in [-0.15, -0.1) is 0 Å². The van der Waals surface area contributed by atoms with Crippen LogP contribution >= 0.6 is 27.7 Å². The Balaban J connectivity index is 1.92. The average Bonchev–Trinajstić information content (AvgIpc) is 3.07. The van der Waals surface area contributed by atoms with E-state index >= 15 is 0 Å². The molecular weight excluding hydrogens is 480 g/mol. The van der Waals surface area contributed by atoms with Gasteiger partial charge in [-0.05, 0) is 66.7 Å². The van der Waals surface area contributed by atoms with E-state index in [0.29, 0.717) is 34.7 Å². The Hall–Kier alpha value is -2.71. The van der Waals surface area contributed by atoms with Crippen LogP contribution in [0.25, 0.3) is 6.08 Å². The van der Waals surface area contributed by atoms with Crippen molar-refractivity contribution in [2.75, 3.05) is 27.4 Å². The maximum absolute atomic E-state index is 13.0. The van der Waals surface area contributed by atoms with Crippen LogP contribution in [0.15, 0.2) is 63.4 Å². The molecule has 0 bridgehead atoms. The van der Waals surface area contributed by atoms with E-state index < -0.39 is 0 Å². The molecule has 8 heteroatoms. The number of nitrogens with zero attached hydrogens (tertiary/aromatic N) is 2. The van der Waals surface area contributed by atoms with E-state index in [1.54, 1.807) is 25.2 Å². The summed E-state index contributed by atoms with van der Waals surface area (Å²) in [5, 5.41) is 0.637. The fraction of sp³-hybridized carbons (Fsp3) is 0.217. The van der Waals surface area contributed by atoms with Crippen LogP contribution in [-0.4, -0.2) is 43.3 Å². The van der Waals surface area contributed by atoms with Gasteiger partial charge in [-0.2, -0.15) is 0 Å². The molecule has 1 saturated heterocycles. The van der Waals surface area contributed by atoms with E-state index in [1.807, 2.05) is 49.4 Å². The third kappa shape index (κ3) is 5.32. The zero-order valence-corrected chi connectivity index (χ0v) is 20.0. The number of amides is 1. The van der Waals surface area contributed by atoms with E-state index in [2.05, 4.69) is 27.5 Å². The number of methoxy groups -OCH3 is 2. The number of rotatable bonds is 8. The summed E-state index contributed by atoms with van der Waals surface area (Å²) < 4.78 is 17.1. The maximum atomic E-state index is 13.0. The normalized spacial score (nSPS) is 16.1. The lowest BCUT2D eigenvalue weighted by atomic mass is 10.2. The Morgan fingerprint density at radius 1 is 1.16 bits per heavy atom. The second-order valence-corrected chi connectivity index (χ2v) is 8.24. The fourth-order valence-electron chi connectivity index (χ4n) is 2.86. The van der Waals surface area contributed by atoms with Gasteiger partial charge in [-0.3, -0.25) is 9.69 Å². The molecule has 1 heterocycles. The molecule has 0 saturated carbocycles. The van der Waals surface area contributed by atoms with Crippen molar-refractivity contribution in [2.45, 2.75) is 6.92 Å². The van der Waals surface area contributed by atoms with Crippen molar-refractivity contribution in [1.29, 1.82) is 0 Å². The van der Waals surface area contributed by atoms with Crippen LogP contribution in [0.1, 0.15) is 12.5 Å². The molecule has 1 aliphatic rings. The van der Waals surface area contributed by atoms with Crippen LogP contribution in [0, 0.1) is 0 Å². The Morgan fingerprint density at radius 2 is 1.90 bits per heavy atom. The lowest BCUT2D eigenvalue weighted by Crippen LogP contribution is -2.28. The van der Waals surface area contributed by atoms with Gasteiger partial charge in [0.2, 0.25) is 0 Å². The molecule has 162 valence electrons. The Labute approximate surface area is 194 Å². The molecule has 0 atom stereocenters. The summed E-state index contributed by atoms with van der Waals surface area (Å²) in [5.74, 6) is 1.84. The lowest BCUT2D eigenvalue weighted by molar-refractivity contribution is -0.122. The van der Waals surface area contributed by atoms with E-state index in [4.69, 9.17) is 14.2 Å². The van der Waals surface area contributed by atoms with E-state index in [-0.39, 0.29) is 5.91 Å². The third-order valence-corrected chi connectivity index (χ3v) is 6.12. The highest BCUT2D eigenvalue weighted by molar-refractivity contribution is 9.10. The SMILES string of the molecule is C=CCOc1cc(Br)c(/C=C2/SC(=Nc3ccc(OC)cc3)N(CC)C2=O)cc1OC. The van der Waals surface area contributed by atoms with Gasteiger partial charge < -0.3 is 14.2 Å². The number of aliphatic imine (C=N–C) groups is 1. The number of benzene rings is 2. The van der Waals surface area contributed by atoms with Gasteiger partial charge in [0.1, 0.15) is 12.4 Å². The van der Waals surface area contributed by atoms with Crippen LogP contribution in [0.3, 0.4) is 0 Å². The highest BCUT2D eigenvalue weighted by atomic mass is 79.9. The summed E-state index contributed by atoms with van der Waals surface area (Å²) in [5.41, 5.74) is 1.56. The smallest absolute Gasteiger partial charge is 0.266 e. The molecule has 3 rings (SSSR count). The van der Waals surface area contributed by atoms with Crippen LogP contribution in [0.4, 0.5) is 5.69 Å². The minimum absolute atomic E-state index is 0.0855. The molecule has 1 amide bonds. The monoisotopic (exact) mass is 502 g/mol. The number of halogens is 1. The quantitative estimate of drug-likeness (QED) is 0.344. The molecular formula is C23H23BrN2O4S. The van der Waals surface area contributed by atoms with Crippen molar-refractivity contribution in [1.82, 2.24) is 4.90 Å². The summed E-state index contributed by atoms with van der Waals surface area (Å²) in [6.45, 7) is 6.48. The second-order valence-electron chi connectivity index (χ2n) is 6.38. The van der Waals surface area contributed by atoms with Crippen molar-refractivity contribution in [3.05, 3.63) is 64.0 Å². The summed E-state index contributed by atoms with van der Waals surface area (Å²) in [4.78, 5) is 19.9. The topological polar surface area (TPSA) is 60.4 Å². The largest absolute Gasteiger partial charge is 0.497 e. The van der Waals surface area contributed by atoms with Gasteiger partial charge in [-0.25, -0.2) is 4.99 Å². The van der Waals surface area contributed by atoms with Crippen LogP contribution in [0.5, 0.6) is 17.2 Å². The van der Waals surface area contributed by atoms with Crippen LogP contribution in [0.2, 0.25) is 0 Å². The van der Waals surface area contributed by atoms with Gasteiger partial charge >= 0.3 is 0 Å². The Morgan fingerprint density at radius 3 is 2.52 bits per heavy atom. The van der Waals surface area contributed by atoms with E-state index in [9.17, 15) is 4.79 Å². The third-order valence-electron chi connectivity index (χ3n) is 4.43. The summed E-state index contributed by atoms with van der Waals surface area (Å²) in [7, 11) is 3.20. The molecule has 0 aromatic heterocycles. The molecule has 0 N–H and O–H groups in total. The predicted octanol–water partition coefficient (Wildman–Crippen LogP) is 5.66. The number of hydrogen-bond donors (Lipinski definition) is 0. The van der Waals surface area contributed by atoms with Crippen molar-refractivity contribution < 1.29 is 19.0 Å². The first kappa shape index (κ1) is 23.0. The molecule has 6 nitrogen and oxygen atoms in total. The average molecular weight is 503 g/mol. The standard InChI is InChI=1S/C23H23BrN2O4S/c1-5-11-30-20-14-18(24)15(12-19(20)29-4)13-21-22(27)26(6-2)23(31-21)25-16-7-9-17(28-3)10-8-16/h5,7-10,12-14H,1,6,11H2,2-4H3/b21-13+,25-23?. The molecule has 0 spiro atoms. The van der Waals surface area contributed by atoms with Crippen molar-refractivity contribution in [3.8, 4) is 17.2 Å². The number of thioether (sulfide) groups is 1. The highest BCUT2D eigenvalue weighted by Gasteiger charge is 2.32. The number of carbonyl (C=O) groups excluding carboxylic acids is 1. The van der Waals surface area contributed by atoms with Crippen LogP contribution in [-0.2, 0) is 4.79 Å². The minimum Gasteiger partial charge on any atom is -0.497 e. The summed E-state index contributed by atoms with van der Waals surface area (Å²) in [6.07, 6.45) is 3.50. The van der Waals surface area contributed by atoms with Gasteiger partial charge in [0.05, 0.1) is 24.8 Å². The van der Waals surface area contributed by atoms with Gasteiger partial charge in [0, 0.05) is 11.0 Å². The molecule has 0 radical (unpaired) electrons. The summed E-state index contributed by atoms with van der Waals surface area (Å²) >= 11 is 4.90. The molecule has 1 aliphatic heterocycles. The van der Waals surface area contributed by atoms with Gasteiger partial charge in [-0.1, -0.05) is 28.6 Å². The Bertz CT molecular complexity index is 1030. The van der Waals surface area contributed by atoms with Gasteiger partial charge in [0.15, 0.2) is 16.7 Å². The van der Waals surface area contributed by atoms with Crippen molar-refractivity contribution in [3.63, 3.8) is 0 Å². The molecule has 2 aromatic rings. The highest BCUT2D eigenvalue weighted by Crippen LogP contribution is 2.38. The molecule has 1 fully saturated rings. The second kappa shape index (κ2) is 10.5. The van der Waals surface area contributed by atoms with Gasteiger partial charge in [0.25, 0.3) is 5.91 Å². The Kier molecular flexibility index (Phi) is 7.81. The predicted molar refractivity (Wildman–Crippen MR) is 129 cm³/mol. The molecule has 2 aromatic carbocycles. The zero-order valence-electron chi connectivity index (χ0n) is 17.6. The molecule has 0 unspecified atom stereocenters. The number of hydrogen-bond acceptors (Lipinski definition) is 6. The molecule has 31 heavy (non-hydrogen) atoms. The van der Waals surface area contributed by atoms with Crippen molar-refractivity contribution >= 4 is 50.5 Å². The maximum Gasteiger partial charge on any atom is 0.266 e. The number of ether oxygens (including phenoxy) is 3. The number of carbonyl (C=O) groups is 1. The van der Waals surface area contributed by atoms with E-state index in [0.717, 1.165) is 21.5 Å². The molecule has 0 aliphatic carbocycles. The summed E-state index contributed by atoms with van der Waals surface area (Å²) in [6, 6.07) is 11.0. The zero-order chi connectivity index (χ0) is 22.4. The number of likely N-dealkylation sites (N-methyl/N-ethyl adjacent to an activating group) is 1. The number of amidine groups is 1. The van der Waals surface area contributed by atoms with E-state index in [1.165, 1.54) is 11.8 Å². The van der Waals surface area contributed by atoms with Crippen LogP contribution < -0.4 is 14.2 Å². The minimum atomic E-state index is -0.0855. The van der Waals surface area contributed by atoms with Crippen molar-refractivity contribution in [2.24, 2.45) is 4.99 Å². The first-order valence-electron chi connectivity index (χ1n) is 9.56.